The molecule has 0 aliphatic carbocycles. The molecule has 2 N–H and O–H groups in total. The van der Waals surface area contributed by atoms with Gasteiger partial charge in [0.25, 0.3) is 5.91 Å². The normalized spacial score (nSPS) is 11.4. The van der Waals surface area contributed by atoms with Crippen molar-refractivity contribution in [2.75, 3.05) is 5.32 Å². The summed E-state index contributed by atoms with van der Waals surface area (Å²) in [6, 6.07) is 13.9. The molecule has 0 saturated heterocycles. The number of nitrogens with one attached hydrogen (secondary N) is 2. The molecule has 0 aliphatic rings. The van der Waals surface area contributed by atoms with Gasteiger partial charge in [0.1, 0.15) is 11.6 Å². The highest BCUT2D eigenvalue weighted by molar-refractivity contribution is 6.11. The van der Waals surface area contributed by atoms with Crippen LogP contribution in [0.1, 0.15) is 29.2 Å². The summed E-state index contributed by atoms with van der Waals surface area (Å²) in [6.45, 7) is 5.97. The third-order valence-corrected chi connectivity index (χ3v) is 4.60. The molecule has 1 amide bonds. The van der Waals surface area contributed by atoms with Gasteiger partial charge in [-0.1, -0.05) is 43.3 Å². The minimum atomic E-state index is -0.397. The maximum Gasteiger partial charge on any atom is 0.266 e. The number of aromatic nitrogens is 1. The van der Waals surface area contributed by atoms with E-state index in [1.807, 2.05) is 56.4 Å². The van der Waals surface area contributed by atoms with E-state index in [1.54, 1.807) is 6.08 Å². The van der Waals surface area contributed by atoms with Gasteiger partial charge in [-0.15, -0.1) is 0 Å². The summed E-state index contributed by atoms with van der Waals surface area (Å²) in [6.07, 6.45) is 4.40. The number of nitriles is 1. The molecule has 0 atom stereocenters. The van der Waals surface area contributed by atoms with Crippen LogP contribution < -0.4 is 5.32 Å². The number of aromatic amines is 1. The Balaban J connectivity index is 1.96. The molecule has 3 aromatic rings. The molecule has 0 unspecified atom stereocenters. The Bertz CT molecular complexity index is 1030. The van der Waals surface area contributed by atoms with Crippen LogP contribution in [-0.2, 0) is 11.2 Å². The Labute approximate surface area is 153 Å². The molecule has 0 saturated carbocycles. The van der Waals surface area contributed by atoms with Gasteiger partial charge in [0.05, 0.1) is 0 Å². The molecule has 3 rings (SSSR count). The van der Waals surface area contributed by atoms with Crippen LogP contribution in [0.4, 0.5) is 5.69 Å². The second-order valence-electron chi connectivity index (χ2n) is 6.33. The van der Waals surface area contributed by atoms with Crippen molar-refractivity contribution in [1.29, 1.82) is 5.26 Å². The maximum atomic E-state index is 12.6. The van der Waals surface area contributed by atoms with Crippen LogP contribution in [0.15, 0.2) is 48.2 Å². The van der Waals surface area contributed by atoms with E-state index in [0.29, 0.717) is 0 Å². The van der Waals surface area contributed by atoms with Gasteiger partial charge in [-0.3, -0.25) is 4.79 Å². The summed E-state index contributed by atoms with van der Waals surface area (Å²) < 4.78 is 0. The van der Waals surface area contributed by atoms with Gasteiger partial charge >= 0.3 is 0 Å². The van der Waals surface area contributed by atoms with Gasteiger partial charge in [-0.05, 0) is 43.0 Å². The molecule has 130 valence electrons. The minimum Gasteiger partial charge on any atom is -0.360 e. The van der Waals surface area contributed by atoms with Crippen LogP contribution in [0.25, 0.3) is 17.0 Å². The van der Waals surface area contributed by atoms with Crippen molar-refractivity contribution < 1.29 is 4.79 Å². The number of anilines is 1. The van der Waals surface area contributed by atoms with Crippen LogP contribution in [0.5, 0.6) is 0 Å². The smallest absolute Gasteiger partial charge is 0.266 e. The zero-order chi connectivity index (χ0) is 18.7. The van der Waals surface area contributed by atoms with Crippen LogP contribution in [-0.4, -0.2) is 10.9 Å². The Morgan fingerprint density at radius 3 is 2.54 bits per heavy atom. The Hall–Kier alpha value is -3.32. The number of carbonyl (C=O) groups is 1. The van der Waals surface area contributed by atoms with Crippen LogP contribution >= 0.6 is 0 Å². The molecule has 0 bridgehead atoms. The van der Waals surface area contributed by atoms with Gasteiger partial charge in [0, 0.05) is 28.4 Å². The van der Waals surface area contributed by atoms with E-state index in [1.165, 1.54) is 5.56 Å². The highest BCUT2D eigenvalue weighted by atomic mass is 16.1. The lowest BCUT2D eigenvalue weighted by atomic mass is 10.0. The number of fused-ring (bicyclic) bond motifs is 1. The fourth-order valence-corrected chi connectivity index (χ4v) is 3.15. The third kappa shape index (κ3) is 3.25. The van der Waals surface area contributed by atoms with Crippen molar-refractivity contribution in [3.05, 3.63) is 70.4 Å². The van der Waals surface area contributed by atoms with Gasteiger partial charge in [-0.2, -0.15) is 5.26 Å². The Morgan fingerprint density at radius 1 is 1.19 bits per heavy atom. The lowest BCUT2D eigenvalue weighted by Gasteiger charge is -2.10. The Kier molecular flexibility index (Phi) is 4.90. The first kappa shape index (κ1) is 17.5. The first-order chi connectivity index (χ1) is 12.5. The first-order valence-corrected chi connectivity index (χ1v) is 8.63. The maximum absolute atomic E-state index is 12.6. The number of rotatable bonds is 4. The first-order valence-electron chi connectivity index (χ1n) is 8.63. The van der Waals surface area contributed by atoms with Crippen molar-refractivity contribution in [3.63, 3.8) is 0 Å². The summed E-state index contributed by atoms with van der Waals surface area (Å²) in [5.74, 6) is -0.397. The largest absolute Gasteiger partial charge is 0.360 e. The highest BCUT2D eigenvalue weighted by Crippen LogP contribution is 2.25. The minimum absolute atomic E-state index is 0.0791. The van der Waals surface area contributed by atoms with Crippen LogP contribution in [0, 0.1) is 25.2 Å². The number of H-pyrrole nitrogens is 1. The fraction of sp³-hybridized carbons (Fsp3) is 0.182. The van der Waals surface area contributed by atoms with E-state index >= 15 is 0 Å². The standard InChI is InChI=1S/C22H21N3O/c1-4-16-9-6-10-19-18(13-24-21(16)19)11-17(12-23)22(26)25-20-14(2)7-5-8-15(20)3/h5-11,13,24H,4H2,1-3H3,(H,25,26)/b17-11+. The summed E-state index contributed by atoms with van der Waals surface area (Å²) in [7, 11) is 0. The summed E-state index contributed by atoms with van der Waals surface area (Å²) in [5.41, 5.74) is 5.87. The molecule has 1 aromatic heterocycles. The molecule has 0 radical (unpaired) electrons. The van der Waals surface area contributed by atoms with E-state index < -0.39 is 5.91 Å². The lowest BCUT2D eigenvalue weighted by molar-refractivity contribution is -0.112. The highest BCUT2D eigenvalue weighted by Gasteiger charge is 2.14. The van der Waals surface area contributed by atoms with Crippen molar-refractivity contribution >= 4 is 28.6 Å². The van der Waals surface area contributed by atoms with Gasteiger partial charge < -0.3 is 10.3 Å². The van der Waals surface area contributed by atoms with Crippen molar-refractivity contribution in [2.45, 2.75) is 27.2 Å². The average molecular weight is 343 g/mol. The predicted molar refractivity (Wildman–Crippen MR) is 106 cm³/mol. The molecule has 26 heavy (non-hydrogen) atoms. The summed E-state index contributed by atoms with van der Waals surface area (Å²) in [4.78, 5) is 15.9. The number of carbonyl (C=O) groups excluding carboxylic acids is 1. The monoisotopic (exact) mass is 343 g/mol. The van der Waals surface area contributed by atoms with Crippen molar-refractivity contribution in [2.24, 2.45) is 0 Å². The number of amides is 1. The molecule has 0 fully saturated rings. The average Bonchev–Trinajstić information content (AvgIpc) is 3.05. The molecule has 0 spiro atoms. The molecule has 4 nitrogen and oxygen atoms in total. The predicted octanol–water partition coefficient (Wildman–Crippen LogP) is 4.89. The van der Waals surface area contributed by atoms with E-state index in [9.17, 15) is 10.1 Å². The molecular weight excluding hydrogens is 322 g/mol. The molecule has 1 heterocycles. The van der Waals surface area contributed by atoms with Crippen molar-refractivity contribution in [3.8, 4) is 6.07 Å². The number of hydrogen-bond acceptors (Lipinski definition) is 2. The zero-order valence-corrected chi connectivity index (χ0v) is 15.2. The zero-order valence-electron chi connectivity index (χ0n) is 15.2. The number of hydrogen-bond donors (Lipinski definition) is 2. The van der Waals surface area contributed by atoms with E-state index in [-0.39, 0.29) is 5.57 Å². The van der Waals surface area contributed by atoms with Crippen LogP contribution in [0.2, 0.25) is 0 Å². The third-order valence-electron chi connectivity index (χ3n) is 4.60. The number of aryl methyl sites for hydroxylation is 3. The topological polar surface area (TPSA) is 68.7 Å². The molecular formula is C22H21N3O. The fourth-order valence-electron chi connectivity index (χ4n) is 3.15. The van der Waals surface area contributed by atoms with Crippen LogP contribution in [0.3, 0.4) is 0 Å². The SMILES string of the molecule is CCc1cccc2c(/C=C(\C#N)C(=O)Nc3c(C)cccc3C)c[nH]c12. The second-order valence-corrected chi connectivity index (χ2v) is 6.33. The number of para-hydroxylation sites is 2. The number of nitrogens with zero attached hydrogens (tertiary/aromatic N) is 1. The lowest BCUT2D eigenvalue weighted by Crippen LogP contribution is -2.15. The van der Waals surface area contributed by atoms with Gasteiger partial charge in [0.15, 0.2) is 0 Å². The van der Waals surface area contributed by atoms with Gasteiger partial charge in [0.2, 0.25) is 0 Å². The quantitative estimate of drug-likeness (QED) is 0.523. The second kappa shape index (κ2) is 7.28. The number of benzene rings is 2. The van der Waals surface area contributed by atoms with E-state index in [0.717, 1.165) is 39.7 Å². The van der Waals surface area contributed by atoms with Gasteiger partial charge in [-0.25, -0.2) is 0 Å². The summed E-state index contributed by atoms with van der Waals surface area (Å²) >= 11 is 0. The van der Waals surface area contributed by atoms with Crippen molar-refractivity contribution in [1.82, 2.24) is 4.98 Å². The van der Waals surface area contributed by atoms with E-state index in [2.05, 4.69) is 23.3 Å². The Morgan fingerprint density at radius 2 is 1.88 bits per heavy atom. The molecule has 4 heteroatoms. The van der Waals surface area contributed by atoms with E-state index in [4.69, 9.17) is 0 Å². The summed E-state index contributed by atoms with van der Waals surface area (Å²) in [5, 5.41) is 13.4. The molecule has 2 aromatic carbocycles. The molecule has 0 aliphatic heterocycles.